The molecular weight excluding hydrogens is 266 g/mol. The summed E-state index contributed by atoms with van der Waals surface area (Å²) in [7, 11) is 0. The van der Waals surface area contributed by atoms with Crippen LogP contribution in [0.5, 0.6) is 11.6 Å². The lowest BCUT2D eigenvalue weighted by molar-refractivity contribution is -0.116. The molecule has 1 aromatic heterocycles. The lowest BCUT2D eigenvalue weighted by Crippen LogP contribution is -2.18. The largest absolute Gasteiger partial charge is 0.439 e. The first kappa shape index (κ1) is 13.6. The van der Waals surface area contributed by atoms with Crippen LogP contribution in [0, 0.1) is 0 Å². The van der Waals surface area contributed by atoms with Gasteiger partial charge < -0.3 is 15.8 Å². The van der Waals surface area contributed by atoms with E-state index in [2.05, 4.69) is 10.3 Å². The second-order valence-corrected chi connectivity index (χ2v) is 5.19. The van der Waals surface area contributed by atoms with E-state index in [0.29, 0.717) is 18.1 Å². The molecule has 0 fully saturated rings. The third-order valence-corrected chi connectivity index (χ3v) is 3.48. The van der Waals surface area contributed by atoms with Gasteiger partial charge in [0.25, 0.3) is 0 Å². The standard InChI is InChI=1S/C16H17N3O2/c1-10(17)12-3-7-16(18-9-12)21-13-4-5-14-11(8-13)2-6-15(20)19-14/h3-5,7-10H,2,6,17H2,1H3,(H,19,20). The number of nitrogens with one attached hydrogen (secondary N) is 1. The van der Waals surface area contributed by atoms with Crippen molar-refractivity contribution < 1.29 is 9.53 Å². The molecule has 1 aliphatic rings. The summed E-state index contributed by atoms with van der Waals surface area (Å²) in [5, 5.41) is 2.85. The fourth-order valence-corrected chi connectivity index (χ4v) is 2.27. The maximum atomic E-state index is 11.3. The average Bonchev–Trinajstić information content (AvgIpc) is 2.48. The van der Waals surface area contributed by atoms with Gasteiger partial charge in [-0.2, -0.15) is 0 Å². The van der Waals surface area contributed by atoms with Gasteiger partial charge in [0, 0.05) is 30.4 Å². The van der Waals surface area contributed by atoms with E-state index in [-0.39, 0.29) is 11.9 Å². The molecule has 0 aliphatic carbocycles. The number of rotatable bonds is 3. The highest BCUT2D eigenvalue weighted by Crippen LogP contribution is 2.29. The number of hydrogen-bond acceptors (Lipinski definition) is 4. The van der Waals surface area contributed by atoms with E-state index >= 15 is 0 Å². The van der Waals surface area contributed by atoms with Crippen molar-refractivity contribution in [2.24, 2.45) is 5.73 Å². The summed E-state index contributed by atoms with van der Waals surface area (Å²) in [4.78, 5) is 15.6. The number of aromatic nitrogens is 1. The second kappa shape index (κ2) is 5.54. The lowest BCUT2D eigenvalue weighted by Gasteiger charge is -2.17. The van der Waals surface area contributed by atoms with Crippen LogP contribution in [-0.4, -0.2) is 10.9 Å². The molecule has 5 heteroatoms. The van der Waals surface area contributed by atoms with Crippen LogP contribution in [0.4, 0.5) is 5.69 Å². The molecule has 0 spiro atoms. The van der Waals surface area contributed by atoms with Crippen LogP contribution < -0.4 is 15.8 Å². The third kappa shape index (κ3) is 3.03. The zero-order valence-corrected chi connectivity index (χ0v) is 11.8. The Morgan fingerprint density at radius 1 is 1.29 bits per heavy atom. The van der Waals surface area contributed by atoms with Crippen molar-refractivity contribution in [1.29, 1.82) is 0 Å². The number of nitrogens with zero attached hydrogens (tertiary/aromatic N) is 1. The molecule has 0 bridgehead atoms. The van der Waals surface area contributed by atoms with Crippen LogP contribution >= 0.6 is 0 Å². The van der Waals surface area contributed by atoms with Gasteiger partial charge in [-0.15, -0.1) is 0 Å². The van der Waals surface area contributed by atoms with Crippen LogP contribution in [-0.2, 0) is 11.2 Å². The normalized spacial score (nSPS) is 15.0. The van der Waals surface area contributed by atoms with Gasteiger partial charge in [0.05, 0.1) is 0 Å². The highest BCUT2D eigenvalue weighted by molar-refractivity contribution is 5.94. The summed E-state index contributed by atoms with van der Waals surface area (Å²) in [6, 6.07) is 9.30. The molecule has 0 radical (unpaired) electrons. The number of amides is 1. The van der Waals surface area contributed by atoms with Crippen molar-refractivity contribution in [3.05, 3.63) is 47.7 Å². The van der Waals surface area contributed by atoms with Gasteiger partial charge in [-0.05, 0) is 42.7 Å². The van der Waals surface area contributed by atoms with Crippen LogP contribution in [0.1, 0.15) is 30.5 Å². The molecule has 5 nitrogen and oxygen atoms in total. The van der Waals surface area contributed by atoms with Gasteiger partial charge in [-0.3, -0.25) is 4.79 Å². The molecule has 1 unspecified atom stereocenters. The predicted octanol–water partition coefficient (Wildman–Crippen LogP) is 2.78. The number of anilines is 1. The highest BCUT2D eigenvalue weighted by Gasteiger charge is 2.15. The van der Waals surface area contributed by atoms with Crippen LogP contribution in [0.15, 0.2) is 36.5 Å². The molecule has 1 atom stereocenters. The summed E-state index contributed by atoms with van der Waals surface area (Å²) in [5.74, 6) is 1.30. The SMILES string of the molecule is CC(N)c1ccc(Oc2ccc3c(c2)CCC(=O)N3)nc1. The minimum absolute atomic E-state index is 0.0427. The number of pyridine rings is 1. The Kier molecular flexibility index (Phi) is 3.58. The first-order valence-electron chi connectivity index (χ1n) is 6.94. The van der Waals surface area contributed by atoms with Crippen LogP contribution in [0.3, 0.4) is 0 Å². The average molecular weight is 283 g/mol. The Labute approximate surface area is 123 Å². The van der Waals surface area contributed by atoms with Crippen LogP contribution in [0.25, 0.3) is 0 Å². The number of carbonyl (C=O) groups excluding carboxylic acids is 1. The maximum absolute atomic E-state index is 11.3. The Hall–Kier alpha value is -2.40. The van der Waals surface area contributed by atoms with E-state index < -0.39 is 0 Å². The Balaban J connectivity index is 1.77. The predicted molar refractivity (Wildman–Crippen MR) is 80.3 cm³/mol. The lowest BCUT2D eigenvalue weighted by atomic mass is 10.0. The number of ether oxygens (including phenoxy) is 1. The molecular formula is C16H17N3O2. The minimum atomic E-state index is -0.0427. The molecule has 1 amide bonds. The highest BCUT2D eigenvalue weighted by atomic mass is 16.5. The molecule has 0 saturated heterocycles. The molecule has 0 saturated carbocycles. The number of fused-ring (bicyclic) bond motifs is 1. The molecule has 21 heavy (non-hydrogen) atoms. The molecule has 3 N–H and O–H groups in total. The second-order valence-electron chi connectivity index (χ2n) is 5.19. The molecule has 2 aromatic rings. The van der Waals surface area contributed by atoms with E-state index in [1.54, 1.807) is 12.3 Å². The zero-order chi connectivity index (χ0) is 14.8. The van der Waals surface area contributed by atoms with Crippen LogP contribution in [0.2, 0.25) is 0 Å². The fourth-order valence-electron chi connectivity index (χ4n) is 2.27. The van der Waals surface area contributed by atoms with Gasteiger partial charge >= 0.3 is 0 Å². The third-order valence-electron chi connectivity index (χ3n) is 3.48. The summed E-state index contributed by atoms with van der Waals surface area (Å²) in [6.07, 6.45) is 2.96. The topological polar surface area (TPSA) is 77.2 Å². The first-order valence-corrected chi connectivity index (χ1v) is 6.94. The fraction of sp³-hybridized carbons (Fsp3) is 0.250. The minimum Gasteiger partial charge on any atom is -0.439 e. The van der Waals surface area contributed by atoms with Gasteiger partial charge in [0.1, 0.15) is 5.75 Å². The number of carbonyl (C=O) groups is 1. The van der Waals surface area contributed by atoms with Gasteiger partial charge in [-0.1, -0.05) is 6.07 Å². The maximum Gasteiger partial charge on any atom is 0.224 e. The summed E-state index contributed by atoms with van der Waals surface area (Å²) in [6.45, 7) is 1.91. The molecule has 3 rings (SSSR count). The summed E-state index contributed by atoms with van der Waals surface area (Å²) >= 11 is 0. The quantitative estimate of drug-likeness (QED) is 0.908. The molecule has 1 aliphatic heterocycles. The van der Waals surface area contributed by atoms with Crippen molar-refractivity contribution in [3.8, 4) is 11.6 Å². The van der Waals surface area contributed by atoms with Gasteiger partial charge in [-0.25, -0.2) is 4.98 Å². The zero-order valence-electron chi connectivity index (χ0n) is 11.8. The van der Waals surface area contributed by atoms with Gasteiger partial charge in [0.2, 0.25) is 11.8 Å². The van der Waals surface area contributed by atoms with Crippen molar-refractivity contribution >= 4 is 11.6 Å². The molecule has 2 heterocycles. The molecule has 108 valence electrons. The summed E-state index contributed by atoms with van der Waals surface area (Å²) in [5.41, 5.74) is 8.70. The van der Waals surface area contributed by atoms with E-state index in [4.69, 9.17) is 10.5 Å². The van der Waals surface area contributed by atoms with Gasteiger partial charge in [0.15, 0.2) is 0 Å². The Morgan fingerprint density at radius 2 is 2.14 bits per heavy atom. The van der Waals surface area contributed by atoms with Crippen molar-refractivity contribution in [2.75, 3.05) is 5.32 Å². The van der Waals surface area contributed by atoms with Crippen molar-refractivity contribution in [2.45, 2.75) is 25.8 Å². The Bertz CT molecular complexity index is 666. The number of benzene rings is 1. The number of hydrogen-bond donors (Lipinski definition) is 2. The van der Waals surface area contributed by atoms with E-state index in [0.717, 1.165) is 23.2 Å². The first-order chi connectivity index (χ1) is 10.1. The van der Waals surface area contributed by atoms with E-state index in [9.17, 15) is 4.79 Å². The van der Waals surface area contributed by atoms with Crippen molar-refractivity contribution in [3.63, 3.8) is 0 Å². The smallest absolute Gasteiger partial charge is 0.224 e. The van der Waals surface area contributed by atoms with E-state index in [1.165, 1.54) is 0 Å². The molecule has 1 aromatic carbocycles. The van der Waals surface area contributed by atoms with E-state index in [1.807, 2.05) is 31.2 Å². The van der Waals surface area contributed by atoms with Crippen molar-refractivity contribution in [1.82, 2.24) is 4.98 Å². The monoisotopic (exact) mass is 283 g/mol. The number of nitrogens with two attached hydrogens (primary N) is 1. The Morgan fingerprint density at radius 3 is 2.86 bits per heavy atom. The number of aryl methyl sites for hydroxylation is 1. The summed E-state index contributed by atoms with van der Waals surface area (Å²) < 4.78 is 5.74.